The first kappa shape index (κ1) is 22.6. The largest absolute Gasteiger partial charge is 0.490 e. The van der Waals surface area contributed by atoms with E-state index in [1.807, 2.05) is 50.2 Å². The molecule has 0 aliphatic carbocycles. The normalized spacial score (nSPS) is 13.8. The molecule has 1 heterocycles. The molecule has 0 saturated carbocycles. The SMILES string of the molecule is CCOc1cc(C=Nc2ccc(N3CCOCC3)cc2)ccc1OC(=O)c1ccc(C)cc1. The van der Waals surface area contributed by atoms with Gasteiger partial charge >= 0.3 is 5.97 Å². The molecule has 1 aliphatic rings. The highest BCUT2D eigenvalue weighted by molar-refractivity contribution is 5.91. The summed E-state index contributed by atoms with van der Waals surface area (Å²) >= 11 is 0. The van der Waals surface area contributed by atoms with Crippen LogP contribution in [0.1, 0.15) is 28.4 Å². The van der Waals surface area contributed by atoms with E-state index in [4.69, 9.17) is 14.2 Å². The van der Waals surface area contributed by atoms with Gasteiger partial charge in [0.2, 0.25) is 0 Å². The number of anilines is 1. The lowest BCUT2D eigenvalue weighted by Gasteiger charge is -2.28. The zero-order chi connectivity index (χ0) is 23.0. The summed E-state index contributed by atoms with van der Waals surface area (Å²) in [6.45, 7) is 7.66. The Morgan fingerprint density at radius 1 is 1.00 bits per heavy atom. The van der Waals surface area contributed by atoms with Gasteiger partial charge in [-0.15, -0.1) is 0 Å². The summed E-state index contributed by atoms with van der Waals surface area (Å²) in [7, 11) is 0. The molecule has 0 N–H and O–H groups in total. The van der Waals surface area contributed by atoms with Gasteiger partial charge in [0.25, 0.3) is 0 Å². The van der Waals surface area contributed by atoms with E-state index in [0.717, 1.165) is 43.1 Å². The number of hydrogen-bond donors (Lipinski definition) is 0. The number of aliphatic imine (C=N–C) groups is 1. The molecule has 1 fully saturated rings. The highest BCUT2D eigenvalue weighted by Crippen LogP contribution is 2.29. The number of benzene rings is 3. The Hall–Kier alpha value is -3.64. The molecule has 1 saturated heterocycles. The molecule has 0 aromatic heterocycles. The topological polar surface area (TPSA) is 60.4 Å². The van der Waals surface area contributed by atoms with E-state index in [1.165, 1.54) is 5.69 Å². The van der Waals surface area contributed by atoms with Crippen molar-refractivity contribution in [2.75, 3.05) is 37.8 Å². The monoisotopic (exact) mass is 444 g/mol. The van der Waals surface area contributed by atoms with Gasteiger partial charge in [0.1, 0.15) is 0 Å². The van der Waals surface area contributed by atoms with Gasteiger partial charge < -0.3 is 19.1 Å². The van der Waals surface area contributed by atoms with Crippen LogP contribution in [0.15, 0.2) is 71.7 Å². The molecule has 170 valence electrons. The number of carbonyl (C=O) groups is 1. The van der Waals surface area contributed by atoms with E-state index >= 15 is 0 Å². The van der Waals surface area contributed by atoms with E-state index in [9.17, 15) is 4.79 Å². The summed E-state index contributed by atoms with van der Waals surface area (Å²) in [4.78, 5) is 19.4. The summed E-state index contributed by atoms with van der Waals surface area (Å²) in [6.07, 6.45) is 1.78. The number of carbonyl (C=O) groups excluding carboxylic acids is 1. The van der Waals surface area contributed by atoms with Crippen LogP contribution in [0.2, 0.25) is 0 Å². The average molecular weight is 445 g/mol. The van der Waals surface area contributed by atoms with Crippen molar-refractivity contribution in [3.8, 4) is 11.5 Å². The van der Waals surface area contributed by atoms with Crippen LogP contribution in [0.5, 0.6) is 11.5 Å². The Morgan fingerprint density at radius 3 is 2.42 bits per heavy atom. The molecule has 0 unspecified atom stereocenters. The molecule has 0 radical (unpaired) electrons. The Labute approximate surface area is 194 Å². The van der Waals surface area contributed by atoms with Gasteiger partial charge in [-0.25, -0.2) is 4.79 Å². The molecule has 0 spiro atoms. The summed E-state index contributed by atoms with van der Waals surface area (Å²) in [6, 6.07) is 20.9. The molecule has 1 aliphatic heterocycles. The Bertz CT molecular complexity index is 1100. The van der Waals surface area contributed by atoms with Crippen molar-refractivity contribution in [3.05, 3.63) is 83.4 Å². The molecule has 33 heavy (non-hydrogen) atoms. The number of rotatable bonds is 7. The Kier molecular flexibility index (Phi) is 7.37. The van der Waals surface area contributed by atoms with Gasteiger partial charge in [-0.2, -0.15) is 0 Å². The first-order valence-electron chi connectivity index (χ1n) is 11.1. The number of morpholine rings is 1. The lowest BCUT2D eigenvalue weighted by Crippen LogP contribution is -2.36. The molecule has 3 aromatic carbocycles. The van der Waals surface area contributed by atoms with E-state index in [2.05, 4.69) is 22.0 Å². The minimum absolute atomic E-state index is 0.384. The number of aryl methyl sites for hydroxylation is 1. The predicted octanol–water partition coefficient (Wildman–Crippen LogP) is 5.20. The molecule has 0 atom stereocenters. The van der Waals surface area contributed by atoms with Crippen molar-refractivity contribution in [1.29, 1.82) is 0 Å². The van der Waals surface area contributed by atoms with Crippen LogP contribution >= 0.6 is 0 Å². The van der Waals surface area contributed by atoms with Crippen molar-refractivity contribution in [2.24, 2.45) is 4.99 Å². The smallest absolute Gasteiger partial charge is 0.343 e. The number of hydrogen-bond acceptors (Lipinski definition) is 6. The van der Waals surface area contributed by atoms with E-state index in [0.29, 0.717) is 23.7 Å². The summed E-state index contributed by atoms with van der Waals surface area (Å²) < 4.78 is 16.7. The fraction of sp³-hybridized carbons (Fsp3) is 0.259. The second-order valence-corrected chi connectivity index (χ2v) is 7.77. The summed E-state index contributed by atoms with van der Waals surface area (Å²) in [5.74, 6) is 0.469. The van der Waals surface area contributed by atoms with Crippen molar-refractivity contribution >= 4 is 23.6 Å². The van der Waals surface area contributed by atoms with Crippen molar-refractivity contribution in [2.45, 2.75) is 13.8 Å². The van der Waals surface area contributed by atoms with Crippen molar-refractivity contribution in [3.63, 3.8) is 0 Å². The molecule has 0 bridgehead atoms. The van der Waals surface area contributed by atoms with Crippen LogP contribution in [0, 0.1) is 6.92 Å². The van der Waals surface area contributed by atoms with Crippen molar-refractivity contribution < 1.29 is 19.0 Å². The fourth-order valence-corrected chi connectivity index (χ4v) is 3.53. The van der Waals surface area contributed by atoms with Crippen LogP contribution in [-0.2, 0) is 4.74 Å². The Morgan fingerprint density at radius 2 is 1.73 bits per heavy atom. The van der Waals surface area contributed by atoms with Crippen LogP contribution in [-0.4, -0.2) is 45.1 Å². The zero-order valence-corrected chi connectivity index (χ0v) is 19.0. The van der Waals surface area contributed by atoms with Crippen LogP contribution in [0.3, 0.4) is 0 Å². The van der Waals surface area contributed by atoms with Gasteiger partial charge in [-0.05, 0) is 74.0 Å². The maximum Gasteiger partial charge on any atom is 0.343 e. The molecule has 6 heteroatoms. The third-order valence-electron chi connectivity index (χ3n) is 5.35. The van der Waals surface area contributed by atoms with Crippen LogP contribution in [0.4, 0.5) is 11.4 Å². The van der Waals surface area contributed by atoms with Crippen LogP contribution < -0.4 is 14.4 Å². The number of esters is 1. The second-order valence-electron chi connectivity index (χ2n) is 7.77. The third-order valence-corrected chi connectivity index (χ3v) is 5.35. The van der Waals surface area contributed by atoms with E-state index in [1.54, 1.807) is 24.4 Å². The van der Waals surface area contributed by atoms with Gasteiger partial charge in [-0.1, -0.05) is 17.7 Å². The van der Waals surface area contributed by atoms with Gasteiger partial charge in [-0.3, -0.25) is 4.99 Å². The third kappa shape index (κ3) is 5.99. The van der Waals surface area contributed by atoms with E-state index < -0.39 is 5.97 Å². The highest BCUT2D eigenvalue weighted by atomic mass is 16.6. The number of nitrogens with zero attached hydrogens (tertiary/aromatic N) is 2. The quantitative estimate of drug-likeness (QED) is 0.285. The van der Waals surface area contributed by atoms with Gasteiger partial charge in [0, 0.05) is 25.0 Å². The number of ether oxygens (including phenoxy) is 3. The van der Waals surface area contributed by atoms with Crippen molar-refractivity contribution in [1.82, 2.24) is 0 Å². The fourth-order valence-electron chi connectivity index (χ4n) is 3.53. The summed E-state index contributed by atoms with van der Waals surface area (Å²) in [5, 5.41) is 0. The minimum Gasteiger partial charge on any atom is -0.490 e. The van der Waals surface area contributed by atoms with Gasteiger partial charge in [0.15, 0.2) is 11.5 Å². The standard InChI is InChI=1S/C27H28N2O4/c1-3-32-26-18-21(6-13-25(26)33-27(30)22-7-4-20(2)5-8-22)19-28-23-9-11-24(12-10-23)29-14-16-31-17-15-29/h4-13,18-19H,3,14-17H2,1-2H3. The second kappa shape index (κ2) is 10.8. The molecular formula is C27H28N2O4. The molecule has 3 aromatic rings. The van der Waals surface area contributed by atoms with Crippen LogP contribution in [0.25, 0.3) is 0 Å². The first-order chi connectivity index (χ1) is 16.1. The first-order valence-corrected chi connectivity index (χ1v) is 11.1. The Balaban J connectivity index is 1.45. The molecular weight excluding hydrogens is 416 g/mol. The highest BCUT2D eigenvalue weighted by Gasteiger charge is 2.13. The molecule has 4 rings (SSSR count). The maximum atomic E-state index is 12.5. The molecule has 6 nitrogen and oxygen atoms in total. The summed E-state index contributed by atoms with van der Waals surface area (Å²) in [5.41, 5.74) is 4.47. The lowest BCUT2D eigenvalue weighted by molar-refractivity contribution is 0.0728. The molecule has 0 amide bonds. The predicted molar refractivity (Wildman–Crippen MR) is 130 cm³/mol. The lowest BCUT2D eigenvalue weighted by atomic mass is 10.1. The van der Waals surface area contributed by atoms with Gasteiger partial charge in [0.05, 0.1) is 31.1 Å². The average Bonchev–Trinajstić information content (AvgIpc) is 2.85. The zero-order valence-electron chi connectivity index (χ0n) is 19.0. The minimum atomic E-state index is -0.419. The maximum absolute atomic E-state index is 12.5. The van der Waals surface area contributed by atoms with E-state index in [-0.39, 0.29) is 0 Å².